The molecule has 2 rings (SSSR count). The Hall–Kier alpha value is -1.91. The van der Waals surface area contributed by atoms with Gasteiger partial charge in [-0.2, -0.15) is 13.2 Å². The van der Waals surface area contributed by atoms with E-state index in [4.69, 9.17) is 5.73 Å². The molecule has 0 aliphatic rings. The highest BCUT2D eigenvalue weighted by Gasteiger charge is 2.33. The summed E-state index contributed by atoms with van der Waals surface area (Å²) in [6.07, 6.45) is -1.07. The maximum atomic E-state index is 13.0. The van der Waals surface area contributed by atoms with E-state index in [1.807, 2.05) is 13.8 Å². The highest BCUT2D eigenvalue weighted by molar-refractivity contribution is 5.78. The van der Waals surface area contributed by atoms with E-state index in [2.05, 4.69) is 0 Å². The van der Waals surface area contributed by atoms with Gasteiger partial charge in [0.05, 0.1) is 11.3 Å². The zero-order chi connectivity index (χ0) is 14.2. The van der Waals surface area contributed by atoms with E-state index in [-0.39, 0.29) is 11.6 Å². The van der Waals surface area contributed by atoms with Crippen molar-refractivity contribution >= 4 is 5.69 Å². The third-order valence-electron chi connectivity index (χ3n) is 3.00. The molecule has 102 valence electrons. The van der Waals surface area contributed by atoms with Gasteiger partial charge in [0.2, 0.25) is 0 Å². The van der Waals surface area contributed by atoms with Crippen LogP contribution in [0, 0.1) is 0 Å². The zero-order valence-corrected chi connectivity index (χ0v) is 10.7. The van der Waals surface area contributed by atoms with Gasteiger partial charge in [-0.1, -0.05) is 18.2 Å². The van der Waals surface area contributed by atoms with Gasteiger partial charge in [-0.25, -0.2) is 0 Å². The van der Waals surface area contributed by atoms with E-state index >= 15 is 0 Å². The highest BCUT2D eigenvalue weighted by atomic mass is 19.4. The van der Waals surface area contributed by atoms with Crippen LogP contribution in [0.15, 0.2) is 36.7 Å². The predicted molar refractivity (Wildman–Crippen MR) is 69.7 cm³/mol. The normalized spacial score (nSPS) is 12.1. The molecule has 0 atom stereocenters. The summed E-state index contributed by atoms with van der Waals surface area (Å²) in [5.41, 5.74) is 6.06. The maximum Gasteiger partial charge on any atom is 0.417 e. The molecule has 0 fully saturated rings. The van der Waals surface area contributed by atoms with Gasteiger partial charge in [0.25, 0.3) is 0 Å². The van der Waals surface area contributed by atoms with Gasteiger partial charge in [-0.05, 0) is 25.5 Å². The Morgan fingerprint density at radius 3 is 2.21 bits per heavy atom. The van der Waals surface area contributed by atoms with Crippen molar-refractivity contribution in [1.29, 1.82) is 0 Å². The van der Waals surface area contributed by atoms with Gasteiger partial charge in [-0.3, -0.25) is 0 Å². The number of anilines is 1. The van der Waals surface area contributed by atoms with Gasteiger partial charge in [-0.15, -0.1) is 0 Å². The molecule has 1 aromatic carbocycles. The molecule has 2 N–H and O–H groups in total. The molecule has 1 heterocycles. The molecule has 0 aliphatic carbocycles. The summed E-state index contributed by atoms with van der Waals surface area (Å²) < 4.78 is 40.8. The first-order valence-electron chi connectivity index (χ1n) is 5.94. The van der Waals surface area contributed by atoms with E-state index in [1.165, 1.54) is 12.1 Å². The number of benzene rings is 1. The third-order valence-corrected chi connectivity index (χ3v) is 3.00. The monoisotopic (exact) mass is 268 g/mol. The molecule has 2 aromatic rings. The number of nitrogen functional groups attached to an aromatic ring is 1. The SMILES string of the molecule is CC(C)n1cc(N)c(-c2ccccc2C(F)(F)F)c1. The molecule has 0 saturated heterocycles. The smallest absolute Gasteiger partial charge is 0.397 e. The Morgan fingerprint density at radius 2 is 1.68 bits per heavy atom. The van der Waals surface area contributed by atoms with E-state index in [0.29, 0.717) is 11.3 Å². The summed E-state index contributed by atoms with van der Waals surface area (Å²) in [6.45, 7) is 3.89. The number of hydrogen-bond donors (Lipinski definition) is 1. The predicted octanol–water partition coefficient (Wildman–Crippen LogP) is 4.34. The molecule has 0 amide bonds. The Kier molecular flexibility index (Phi) is 3.30. The minimum Gasteiger partial charge on any atom is -0.397 e. The van der Waals surface area contributed by atoms with Gasteiger partial charge in [0, 0.05) is 24.0 Å². The lowest BCUT2D eigenvalue weighted by Gasteiger charge is -2.12. The van der Waals surface area contributed by atoms with Crippen molar-refractivity contribution in [1.82, 2.24) is 4.57 Å². The van der Waals surface area contributed by atoms with Crippen LogP contribution in [-0.2, 0) is 6.18 Å². The minimum atomic E-state index is -4.39. The molecule has 0 saturated carbocycles. The van der Waals surface area contributed by atoms with Crippen LogP contribution < -0.4 is 5.73 Å². The van der Waals surface area contributed by atoms with Crippen LogP contribution in [0.25, 0.3) is 11.1 Å². The second kappa shape index (κ2) is 4.64. The van der Waals surface area contributed by atoms with Crippen molar-refractivity contribution in [2.45, 2.75) is 26.1 Å². The molecule has 1 aromatic heterocycles. The van der Waals surface area contributed by atoms with Crippen molar-refractivity contribution in [2.75, 3.05) is 5.73 Å². The van der Waals surface area contributed by atoms with Gasteiger partial charge in [0.15, 0.2) is 0 Å². The van der Waals surface area contributed by atoms with Gasteiger partial charge < -0.3 is 10.3 Å². The van der Waals surface area contributed by atoms with Crippen molar-refractivity contribution in [2.24, 2.45) is 0 Å². The Morgan fingerprint density at radius 1 is 1.05 bits per heavy atom. The van der Waals surface area contributed by atoms with E-state index in [9.17, 15) is 13.2 Å². The number of rotatable bonds is 2. The maximum absolute atomic E-state index is 13.0. The average molecular weight is 268 g/mol. The fourth-order valence-electron chi connectivity index (χ4n) is 1.98. The molecule has 0 aliphatic heterocycles. The second-order valence-electron chi connectivity index (χ2n) is 4.71. The molecule has 0 spiro atoms. The van der Waals surface area contributed by atoms with E-state index in [1.54, 1.807) is 23.0 Å². The summed E-state index contributed by atoms with van der Waals surface area (Å²) in [5.74, 6) is 0. The first-order valence-corrected chi connectivity index (χ1v) is 5.94. The van der Waals surface area contributed by atoms with Crippen molar-refractivity contribution in [3.8, 4) is 11.1 Å². The van der Waals surface area contributed by atoms with Crippen LogP contribution in [-0.4, -0.2) is 4.57 Å². The van der Waals surface area contributed by atoms with Gasteiger partial charge >= 0.3 is 6.18 Å². The fraction of sp³-hybridized carbons (Fsp3) is 0.286. The van der Waals surface area contributed by atoms with Crippen LogP contribution in [0.1, 0.15) is 25.5 Å². The summed E-state index contributed by atoms with van der Waals surface area (Å²) >= 11 is 0. The van der Waals surface area contributed by atoms with Crippen LogP contribution in [0.3, 0.4) is 0 Å². The second-order valence-corrected chi connectivity index (χ2v) is 4.71. The Labute approximate surface area is 109 Å². The lowest BCUT2D eigenvalue weighted by atomic mass is 10.0. The molecule has 0 radical (unpaired) electrons. The van der Waals surface area contributed by atoms with Crippen molar-refractivity contribution in [3.63, 3.8) is 0 Å². The molecule has 2 nitrogen and oxygen atoms in total. The molecule has 5 heteroatoms. The number of aromatic nitrogens is 1. The number of nitrogens with zero attached hydrogens (tertiary/aromatic N) is 1. The first kappa shape index (κ1) is 13.5. The quantitative estimate of drug-likeness (QED) is 0.863. The fourth-order valence-corrected chi connectivity index (χ4v) is 1.98. The first-order chi connectivity index (χ1) is 8.80. The van der Waals surface area contributed by atoms with Crippen LogP contribution in [0.2, 0.25) is 0 Å². The number of halogens is 3. The number of hydrogen-bond acceptors (Lipinski definition) is 1. The largest absolute Gasteiger partial charge is 0.417 e. The van der Waals surface area contributed by atoms with Crippen molar-refractivity contribution < 1.29 is 13.2 Å². The molecule has 0 bridgehead atoms. The highest BCUT2D eigenvalue weighted by Crippen LogP contribution is 2.39. The van der Waals surface area contributed by atoms with Gasteiger partial charge in [0.1, 0.15) is 0 Å². The van der Waals surface area contributed by atoms with Crippen LogP contribution in [0.4, 0.5) is 18.9 Å². The van der Waals surface area contributed by atoms with Crippen molar-refractivity contribution in [3.05, 3.63) is 42.2 Å². The Bertz CT molecular complexity index is 583. The standard InChI is InChI=1S/C14H15F3N2/c1-9(2)19-7-11(13(18)8-19)10-5-3-4-6-12(10)14(15,16)17/h3-9H,18H2,1-2H3. The Balaban J connectivity index is 2.60. The minimum absolute atomic E-state index is 0.118. The molecular formula is C14H15F3N2. The zero-order valence-electron chi connectivity index (χ0n) is 10.7. The topological polar surface area (TPSA) is 30.9 Å². The van der Waals surface area contributed by atoms with E-state index < -0.39 is 11.7 Å². The molecule has 19 heavy (non-hydrogen) atoms. The summed E-state index contributed by atoms with van der Waals surface area (Å²) in [4.78, 5) is 0. The lowest BCUT2D eigenvalue weighted by Crippen LogP contribution is -2.07. The summed E-state index contributed by atoms with van der Waals surface area (Å²) in [7, 11) is 0. The number of alkyl halides is 3. The van der Waals surface area contributed by atoms with Crippen LogP contribution >= 0.6 is 0 Å². The van der Waals surface area contributed by atoms with Crippen LogP contribution in [0.5, 0.6) is 0 Å². The number of nitrogens with two attached hydrogens (primary N) is 1. The summed E-state index contributed by atoms with van der Waals surface area (Å²) in [5, 5.41) is 0. The average Bonchev–Trinajstić information content (AvgIpc) is 2.70. The third kappa shape index (κ3) is 2.59. The molecular weight excluding hydrogens is 253 g/mol. The lowest BCUT2D eigenvalue weighted by molar-refractivity contribution is -0.137. The van der Waals surface area contributed by atoms with E-state index in [0.717, 1.165) is 6.07 Å². The molecule has 0 unspecified atom stereocenters. The summed E-state index contributed by atoms with van der Waals surface area (Å²) in [6, 6.07) is 5.62.